The number of aliphatic carboxylic acids is 1. The minimum Gasteiger partial charge on any atom is -0.481 e. The molecule has 0 spiro atoms. The lowest BCUT2D eigenvalue weighted by Crippen LogP contribution is -2.44. The maximum absolute atomic E-state index is 12.1. The molecule has 1 aromatic heterocycles. The fourth-order valence-corrected chi connectivity index (χ4v) is 2.59. The largest absolute Gasteiger partial charge is 0.481 e. The molecule has 0 aromatic carbocycles. The third kappa shape index (κ3) is 3.14. The molecule has 1 fully saturated rings. The minimum atomic E-state index is -0.842. The first-order chi connectivity index (χ1) is 9.95. The lowest BCUT2D eigenvalue weighted by molar-refractivity contribution is -0.150. The number of aromatic nitrogens is 2. The summed E-state index contributed by atoms with van der Waals surface area (Å²) in [6, 6.07) is -0.248. The Morgan fingerprint density at radius 3 is 2.86 bits per heavy atom. The summed E-state index contributed by atoms with van der Waals surface area (Å²) < 4.78 is 4.60. The van der Waals surface area contributed by atoms with Crippen molar-refractivity contribution in [3.8, 4) is 0 Å². The zero-order valence-electron chi connectivity index (χ0n) is 12.2. The quantitative estimate of drug-likeness (QED) is 0.830. The number of likely N-dealkylation sites (tertiary alicyclic amines) is 1. The Balaban J connectivity index is 1.85. The SMILES string of the molecule is CC(C)C1(C(=O)O)CCN(C(=O)NCCc2ncon2)C1. The second kappa shape index (κ2) is 6.11. The average molecular weight is 296 g/mol. The molecule has 1 aromatic rings. The summed E-state index contributed by atoms with van der Waals surface area (Å²) in [6.45, 7) is 4.85. The number of hydrogen-bond acceptors (Lipinski definition) is 5. The molecule has 0 radical (unpaired) electrons. The number of rotatable bonds is 5. The first-order valence-corrected chi connectivity index (χ1v) is 6.97. The molecule has 0 saturated carbocycles. The van der Waals surface area contributed by atoms with Crippen LogP contribution in [-0.2, 0) is 11.2 Å². The molecule has 2 N–H and O–H groups in total. The van der Waals surface area contributed by atoms with Crippen LogP contribution in [0.3, 0.4) is 0 Å². The van der Waals surface area contributed by atoms with Gasteiger partial charge in [-0.15, -0.1) is 0 Å². The molecule has 1 atom stereocenters. The number of urea groups is 1. The number of amides is 2. The van der Waals surface area contributed by atoms with Crippen molar-refractivity contribution in [3.05, 3.63) is 12.2 Å². The Morgan fingerprint density at radius 2 is 2.33 bits per heavy atom. The summed E-state index contributed by atoms with van der Waals surface area (Å²) in [5.41, 5.74) is -0.842. The van der Waals surface area contributed by atoms with E-state index in [1.165, 1.54) is 6.39 Å². The first-order valence-electron chi connectivity index (χ1n) is 6.97. The lowest BCUT2D eigenvalue weighted by atomic mass is 9.76. The molecule has 8 heteroatoms. The van der Waals surface area contributed by atoms with Crippen molar-refractivity contribution in [2.75, 3.05) is 19.6 Å². The maximum Gasteiger partial charge on any atom is 0.317 e. The molecule has 2 amide bonds. The normalized spacial score (nSPS) is 21.8. The molecule has 1 aliphatic rings. The monoisotopic (exact) mass is 296 g/mol. The number of nitrogens with zero attached hydrogens (tertiary/aromatic N) is 3. The second-order valence-electron chi connectivity index (χ2n) is 5.62. The number of carbonyl (C=O) groups is 2. The van der Waals surface area contributed by atoms with Crippen LogP contribution in [-0.4, -0.2) is 51.8 Å². The molecule has 116 valence electrons. The van der Waals surface area contributed by atoms with Crippen LogP contribution in [0.5, 0.6) is 0 Å². The molecule has 1 saturated heterocycles. The van der Waals surface area contributed by atoms with E-state index in [1.54, 1.807) is 4.90 Å². The van der Waals surface area contributed by atoms with E-state index in [-0.39, 0.29) is 18.5 Å². The number of nitrogens with one attached hydrogen (secondary N) is 1. The fraction of sp³-hybridized carbons (Fsp3) is 0.692. The smallest absolute Gasteiger partial charge is 0.317 e. The summed E-state index contributed by atoms with van der Waals surface area (Å²) in [5.74, 6) is -0.328. The Morgan fingerprint density at radius 1 is 1.57 bits per heavy atom. The van der Waals surface area contributed by atoms with Gasteiger partial charge in [0.15, 0.2) is 5.82 Å². The van der Waals surface area contributed by atoms with Gasteiger partial charge >= 0.3 is 12.0 Å². The van der Waals surface area contributed by atoms with E-state index in [4.69, 9.17) is 0 Å². The summed E-state index contributed by atoms with van der Waals surface area (Å²) in [5, 5.41) is 15.9. The molecular weight excluding hydrogens is 276 g/mol. The highest BCUT2D eigenvalue weighted by atomic mass is 16.5. The highest BCUT2D eigenvalue weighted by Gasteiger charge is 2.48. The molecule has 0 bridgehead atoms. The number of carbonyl (C=O) groups excluding carboxylic acids is 1. The van der Waals surface area contributed by atoms with Crippen LogP contribution in [0.15, 0.2) is 10.9 Å². The van der Waals surface area contributed by atoms with Gasteiger partial charge in [-0.2, -0.15) is 4.98 Å². The van der Waals surface area contributed by atoms with Gasteiger partial charge in [-0.1, -0.05) is 19.0 Å². The van der Waals surface area contributed by atoms with Crippen LogP contribution in [0.1, 0.15) is 26.1 Å². The maximum atomic E-state index is 12.1. The Bertz CT molecular complexity index is 502. The first kappa shape index (κ1) is 15.3. The van der Waals surface area contributed by atoms with Crippen LogP contribution in [0, 0.1) is 11.3 Å². The average Bonchev–Trinajstić information content (AvgIpc) is 3.08. The van der Waals surface area contributed by atoms with Crippen molar-refractivity contribution in [2.24, 2.45) is 11.3 Å². The topological polar surface area (TPSA) is 109 Å². The van der Waals surface area contributed by atoms with E-state index in [0.717, 1.165) is 0 Å². The van der Waals surface area contributed by atoms with Crippen LogP contribution >= 0.6 is 0 Å². The molecular formula is C13H20N4O4. The van der Waals surface area contributed by atoms with Gasteiger partial charge in [-0.3, -0.25) is 4.79 Å². The molecule has 2 heterocycles. The Hall–Kier alpha value is -2.12. The van der Waals surface area contributed by atoms with Gasteiger partial charge in [0, 0.05) is 26.1 Å². The van der Waals surface area contributed by atoms with Gasteiger partial charge in [0.25, 0.3) is 0 Å². The molecule has 1 unspecified atom stereocenters. The highest BCUT2D eigenvalue weighted by molar-refractivity contribution is 5.80. The third-order valence-corrected chi connectivity index (χ3v) is 4.15. The zero-order chi connectivity index (χ0) is 15.5. The van der Waals surface area contributed by atoms with Crippen molar-refractivity contribution >= 4 is 12.0 Å². The number of hydrogen-bond donors (Lipinski definition) is 2. The molecule has 2 rings (SSSR count). The van der Waals surface area contributed by atoms with Crippen molar-refractivity contribution < 1.29 is 19.2 Å². The predicted molar refractivity (Wildman–Crippen MR) is 72.5 cm³/mol. The van der Waals surface area contributed by atoms with Crippen LogP contribution in [0.25, 0.3) is 0 Å². The Labute approximate surface area is 122 Å². The number of carboxylic acids is 1. The van der Waals surface area contributed by atoms with E-state index >= 15 is 0 Å². The second-order valence-corrected chi connectivity index (χ2v) is 5.62. The number of carboxylic acid groups (broad SMARTS) is 1. The van der Waals surface area contributed by atoms with Crippen molar-refractivity contribution in [1.29, 1.82) is 0 Å². The zero-order valence-corrected chi connectivity index (χ0v) is 12.2. The summed E-state index contributed by atoms with van der Waals surface area (Å²) in [4.78, 5) is 29.0. The lowest BCUT2D eigenvalue weighted by Gasteiger charge is -2.28. The fourth-order valence-electron chi connectivity index (χ4n) is 2.59. The van der Waals surface area contributed by atoms with Crippen molar-refractivity contribution in [2.45, 2.75) is 26.7 Å². The summed E-state index contributed by atoms with van der Waals surface area (Å²) in [7, 11) is 0. The van der Waals surface area contributed by atoms with Gasteiger partial charge in [-0.25, -0.2) is 4.79 Å². The molecule has 8 nitrogen and oxygen atoms in total. The summed E-state index contributed by atoms with van der Waals surface area (Å²) in [6.07, 6.45) is 2.20. The van der Waals surface area contributed by atoms with Gasteiger partial charge in [-0.05, 0) is 12.3 Å². The third-order valence-electron chi connectivity index (χ3n) is 4.15. The minimum absolute atomic E-state index is 0.0212. The van der Waals surface area contributed by atoms with E-state index in [1.807, 2.05) is 13.8 Å². The van der Waals surface area contributed by atoms with Gasteiger partial charge in [0.05, 0.1) is 5.41 Å². The highest BCUT2D eigenvalue weighted by Crippen LogP contribution is 2.38. The summed E-state index contributed by atoms with van der Waals surface area (Å²) >= 11 is 0. The van der Waals surface area contributed by atoms with E-state index < -0.39 is 11.4 Å². The van der Waals surface area contributed by atoms with E-state index in [2.05, 4.69) is 20.0 Å². The van der Waals surface area contributed by atoms with E-state index in [0.29, 0.717) is 31.8 Å². The van der Waals surface area contributed by atoms with Crippen LogP contribution in [0.2, 0.25) is 0 Å². The van der Waals surface area contributed by atoms with Crippen LogP contribution in [0.4, 0.5) is 4.79 Å². The van der Waals surface area contributed by atoms with Gasteiger partial charge < -0.3 is 19.8 Å². The molecule has 21 heavy (non-hydrogen) atoms. The van der Waals surface area contributed by atoms with Crippen LogP contribution < -0.4 is 5.32 Å². The van der Waals surface area contributed by atoms with Gasteiger partial charge in [0.1, 0.15) is 0 Å². The Kier molecular flexibility index (Phi) is 4.44. The van der Waals surface area contributed by atoms with Crippen molar-refractivity contribution in [3.63, 3.8) is 0 Å². The van der Waals surface area contributed by atoms with Crippen molar-refractivity contribution in [1.82, 2.24) is 20.4 Å². The van der Waals surface area contributed by atoms with E-state index in [9.17, 15) is 14.7 Å². The molecule has 0 aliphatic carbocycles. The van der Waals surface area contributed by atoms with Gasteiger partial charge in [0.2, 0.25) is 6.39 Å². The standard InChI is InChI=1S/C13H20N4O4/c1-9(2)13(11(18)19)4-6-17(7-13)12(20)14-5-3-10-15-8-21-16-10/h8-9H,3-7H2,1-2H3,(H,14,20)(H,18,19). The molecule has 1 aliphatic heterocycles. The predicted octanol–water partition coefficient (Wildman–Crippen LogP) is 0.754.